The van der Waals surface area contributed by atoms with Gasteiger partial charge in [-0.25, -0.2) is 5.43 Å². The summed E-state index contributed by atoms with van der Waals surface area (Å²) >= 11 is 8.11. The second-order valence-electron chi connectivity index (χ2n) is 7.64. The molecule has 1 unspecified atom stereocenters. The fourth-order valence-corrected chi connectivity index (χ4v) is 3.74. The van der Waals surface area contributed by atoms with E-state index in [1.54, 1.807) is 37.4 Å². The number of benzene rings is 2. The molecular formula is C23H27ClIN3O4. The van der Waals surface area contributed by atoms with E-state index in [1.807, 2.05) is 33.8 Å². The molecule has 0 saturated carbocycles. The quantitative estimate of drug-likeness (QED) is 0.261. The Bertz CT molecular complexity index is 995. The average Bonchev–Trinajstić information content (AvgIpc) is 2.72. The van der Waals surface area contributed by atoms with E-state index in [0.29, 0.717) is 22.1 Å². The molecule has 0 spiro atoms. The van der Waals surface area contributed by atoms with Crippen LogP contribution in [0.2, 0.25) is 5.02 Å². The van der Waals surface area contributed by atoms with Gasteiger partial charge in [-0.15, -0.1) is 0 Å². The molecule has 0 radical (unpaired) electrons. The number of carbonyl (C=O) groups is 2. The molecule has 2 rings (SSSR count). The maximum Gasteiger partial charge on any atom is 0.262 e. The van der Waals surface area contributed by atoms with E-state index in [9.17, 15) is 9.59 Å². The fourth-order valence-electron chi connectivity index (χ4n) is 2.79. The van der Waals surface area contributed by atoms with Crippen LogP contribution in [-0.2, 0) is 4.79 Å². The third-order valence-electron chi connectivity index (χ3n) is 4.32. The highest BCUT2D eigenvalue weighted by Gasteiger charge is 2.24. The zero-order valence-corrected chi connectivity index (χ0v) is 21.5. The van der Waals surface area contributed by atoms with Crippen molar-refractivity contribution in [2.24, 2.45) is 11.0 Å². The number of ether oxygens (including phenoxy) is 2. The van der Waals surface area contributed by atoms with Crippen molar-refractivity contribution in [2.75, 3.05) is 7.11 Å². The van der Waals surface area contributed by atoms with Crippen molar-refractivity contribution in [3.8, 4) is 11.5 Å². The first kappa shape index (κ1) is 25.9. The third-order valence-corrected chi connectivity index (χ3v) is 5.35. The van der Waals surface area contributed by atoms with Gasteiger partial charge in [0.2, 0.25) is 0 Å². The van der Waals surface area contributed by atoms with Gasteiger partial charge >= 0.3 is 0 Å². The lowest BCUT2D eigenvalue weighted by atomic mass is 10.0. The summed E-state index contributed by atoms with van der Waals surface area (Å²) in [6.07, 6.45) is 1.52. The molecule has 7 nitrogen and oxygen atoms in total. The molecular weight excluding hydrogens is 545 g/mol. The Morgan fingerprint density at radius 2 is 1.88 bits per heavy atom. The lowest BCUT2D eigenvalue weighted by Crippen LogP contribution is -2.48. The Labute approximate surface area is 207 Å². The average molecular weight is 572 g/mol. The van der Waals surface area contributed by atoms with Gasteiger partial charge < -0.3 is 14.8 Å². The summed E-state index contributed by atoms with van der Waals surface area (Å²) in [6.45, 7) is 7.56. The number of nitrogens with one attached hydrogen (secondary N) is 2. The molecule has 1 atom stereocenters. The fraction of sp³-hybridized carbons (Fsp3) is 0.348. The predicted octanol–water partition coefficient (Wildman–Crippen LogP) is 4.65. The molecule has 0 fully saturated rings. The number of amides is 2. The van der Waals surface area contributed by atoms with Crippen molar-refractivity contribution in [3.63, 3.8) is 0 Å². The number of hydrazone groups is 1. The van der Waals surface area contributed by atoms with Crippen LogP contribution in [0.4, 0.5) is 0 Å². The summed E-state index contributed by atoms with van der Waals surface area (Å²) in [5.41, 5.74) is 3.61. The second kappa shape index (κ2) is 12.1. The van der Waals surface area contributed by atoms with E-state index in [-0.39, 0.29) is 17.9 Å². The Morgan fingerprint density at radius 1 is 1.16 bits per heavy atom. The van der Waals surface area contributed by atoms with E-state index in [0.717, 1.165) is 9.13 Å². The van der Waals surface area contributed by atoms with Gasteiger partial charge in [0.05, 0.1) is 23.0 Å². The highest BCUT2D eigenvalue weighted by Crippen LogP contribution is 2.34. The first-order valence-electron chi connectivity index (χ1n) is 10.1. The first-order valence-corrected chi connectivity index (χ1v) is 11.5. The van der Waals surface area contributed by atoms with E-state index in [4.69, 9.17) is 21.1 Å². The van der Waals surface area contributed by atoms with Crippen LogP contribution in [0.1, 0.15) is 43.6 Å². The number of rotatable bonds is 9. The Kier molecular flexibility index (Phi) is 9.77. The highest BCUT2D eigenvalue weighted by atomic mass is 127. The van der Waals surface area contributed by atoms with Crippen LogP contribution in [0, 0.1) is 9.49 Å². The molecule has 9 heteroatoms. The molecule has 2 N–H and O–H groups in total. The molecule has 2 amide bonds. The topological polar surface area (TPSA) is 89.0 Å². The van der Waals surface area contributed by atoms with Gasteiger partial charge in [-0.3, -0.25) is 9.59 Å². The standard InChI is InChI=1S/C23H27ClIN3O4/c1-13(2)20(27-22(29)16-7-6-8-17(24)11-16)23(30)28-26-12-15-9-18(25)21(32-14(3)4)19(10-15)31-5/h6-14,20H,1-5H3,(H,27,29)(H,28,30)/b26-12+. The van der Waals surface area contributed by atoms with Crippen molar-refractivity contribution in [3.05, 3.63) is 56.1 Å². The molecule has 2 aromatic rings. The summed E-state index contributed by atoms with van der Waals surface area (Å²) < 4.78 is 12.1. The molecule has 172 valence electrons. The van der Waals surface area contributed by atoms with Gasteiger partial charge in [-0.2, -0.15) is 5.10 Å². The van der Waals surface area contributed by atoms with E-state index < -0.39 is 11.9 Å². The molecule has 0 bridgehead atoms. The number of methoxy groups -OCH3 is 1. The lowest BCUT2D eigenvalue weighted by Gasteiger charge is -2.20. The molecule has 2 aromatic carbocycles. The normalized spacial score (nSPS) is 12.2. The van der Waals surface area contributed by atoms with Gasteiger partial charge in [-0.05, 0) is 78.3 Å². The Morgan fingerprint density at radius 3 is 2.47 bits per heavy atom. The minimum atomic E-state index is -0.768. The molecule has 32 heavy (non-hydrogen) atoms. The summed E-state index contributed by atoms with van der Waals surface area (Å²) in [4.78, 5) is 25.2. The Balaban J connectivity index is 2.09. The van der Waals surface area contributed by atoms with Gasteiger partial charge in [0.25, 0.3) is 11.8 Å². The number of carbonyl (C=O) groups excluding carboxylic acids is 2. The van der Waals surface area contributed by atoms with E-state index in [2.05, 4.69) is 38.4 Å². The molecule has 0 saturated heterocycles. The van der Waals surface area contributed by atoms with Crippen molar-refractivity contribution in [2.45, 2.75) is 39.8 Å². The summed E-state index contributed by atoms with van der Waals surface area (Å²) in [5, 5.41) is 7.24. The second-order valence-corrected chi connectivity index (χ2v) is 9.24. The zero-order chi connectivity index (χ0) is 23.8. The SMILES string of the molecule is COc1cc(/C=N/NC(=O)C(NC(=O)c2cccc(Cl)c2)C(C)C)cc(I)c1OC(C)C. The minimum Gasteiger partial charge on any atom is -0.493 e. The first-order chi connectivity index (χ1) is 15.1. The summed E-state index contributed by atoms with van der Waals surface area (Å²) in [5.74, 6) is 0.278. The van der Waals surface area contributed by atoms with E-state index in [1.165, 1.54) is 6.21 Å². The van der Waals surface area contributed by atoms with E-state index >= 15 is 0 Å². The molecule has 0 aliphatic heterocycles. The van der Waals surface area contributed by atoms with Gasteiger partial charge in [0.15, 0.2) is 11.5 Å². The van der Waals surface area contributed by atoms with Crippen LogP contribution in [0.25, 0.3) is 0 Å². The zero-order valence-electron chi connectivity index (χ0n) is 18.6. The van der Waals surface area contributed by atoms with Crippen molar-refractivity contribution in [1.82, 2.24) is 10.7 Å². The van der Waals surface area contributed by atoms with Crippen LogP contribution >= 0.6 is 34.2 Å². The van der Waals surface area contributed by atoms with Gasteiger partial charge in [-0.1, -0.05) is 31.5 Å². The highest BCUT2D eigenvalue weighted by molar-refractivity contribution is 14.1. The third kappa shape index (κ3) is 7.37. The van der Waals surface area contributed by atoms with Gasteiger partial charge in [0.1, 0.15) is 6.04 Å². The van der Waals surface area contributed by atoms with Crippen LogP contribution in [0.3, 0.4) is 0 Å². The van der Waals surface area contributed by atoms with Crippen LogP contribution in [0.15, 0.2) is 41.5 Å². The van der Waals surface area contributed by atoms with Crippen LogP contribution in [-0.4, -0.2) is 37.3 Å². The largest absolute Gasteiger partial charge is 0.493 e. The van der Waals surface area contributed by atoms with Crippen molar-refractivity contribution < 1.29 is 19.1 Å². The maximum atomic E-state index is 12.7. The summed E-state index contributed by atoms with van der Waals surface area (Å²) in [7, 11) is 1.57. The monoisotopic (exact) mass is 571 g/mol. The van der Waals surface area contributed by atoms with Crippen LogP contribution in [0.5, 0.6) is 11.5 Å². The smallest absolute Gasteiger partial charge is 0.262 e. The lowest BCUT2D eigenvalue weighted by molar-refractivity contribution is -0.123. The number of halogens is 2. The Hall–Kier alpha value is -2.33. The van der Waals surface area contributed by atoms with Crippen molar-refractivity contribution >= 4 is 52.2 Å². The summed E-state index contributed by atoms with van der Waals surface area (Å²) in [6, 6.07) is 9.42. The number of hydrogen-bond donors (Lipinski definition) is 2. The van der Waals surface area contributed by atoms with Gasteiger partial charge in [0, 0.05) is 10.6 Å². The van der Waals surface area contributed by atoms with Crippen LogP contribution < -0.4 is 20.2 Å². The predicted molar refractivity (Wildman–Crippen MR) is 135 cm³/mol. The number of nitrogens with zero attached hydrogens (tertiary/aromatic N) is 1. The number of hydrogen-bond acceptors (Lipinski definition) is 5. The van der Waals surface area contributed by atoms with Crippen molar-refractivity contribution in [1.29, 1.82) is 0 Å². The molecule has 0 aromatic heterocycles. The minimum absolute atomic E-state index is 0.00584. The molecule has 0 aliphatic rings. The molecule has 0 aliphatic carbocycles. The maximum absolute atomic E-state index is 12.7. The molecule has 0 heterocycles.